The first-order chi connectivity index (χ1) is 7.51. The maximum atomic E-state index is 11.2. The number of H-pyrrole nitrogens is 1. The van der Waals surface area contributed by atoms with Crippen molar-refractivity contribution in [2.75, 3.05) is 0 Å². The zero-order chi connectivity index (χ0) is 12.1. The normalized spacial score (nSPS) is 12.4. The molecular weight excluding hydrogens is 224 g/mol. The second-order valence-corrected chi connectivity index (χ2v) is 4.86. The van der Waals surface area contributed by atoms with Crippen molar-refractivity contribution in [3.05, 3.63) is 22.1 Å². The predicted octanol–water partition coefficient (Wildman–Crippen LogP) is 1.28. The lowest BCUT2D eigenvalue weighted by atomic mass is 10.2. The molecule has 1 aromatic rings. The van der Waals surface area contributed by atoms with Crippen molar-refractivity contribution in [1.29, 1.82) is 5.41 Å². The van der Waals surface area contributed by atoms with Crippen LogP contribution in [-0.4, -0.2) is 21.1 Å². The Hall–Kier alpha value is -1.30. The summed E-state index contributed by atoms with van der Waals surface area (Å²) in [5.41, 5.74) is 5.91. The Morgan fingerprint density at radius 3 is 2.94 bits per heavy atom. The third kappa shape index (κ3) is 4.06. The van der Waals surface area contributed by atoms with Gasteiger partial charge in [-0.1, -0.05) is 18.7 Å². The second-order valence-electron chi connectivity index (χ2n) is 3.57. The average molecular weight is 240 g/mol. The smallest absolute Gasteiger partial charge is 0.251 e. The molecule has 6 heteroatoms. The van der Waals surface area contributed by atoms with Gasteiger partial charge in [-0.2, -0.15) is 0 Å². The Morgan fingerprint density at radius 1 is 1.75 bits per heavy atom. The molecule has 0 bridgehead atoms. The van der Waals surface area contributed by atoms with Crippen molar-refractivity contribution < 1.29 is 0 Å². The summed E-state index contributed by atoms with van der Waals surface area (Å²) in [5.74, 6) is 0.161. The minimum Gasteiger partial charge on any atom is -0.388 e. The molecule has 1 unspecified atom stereocenters. The minimum atomic E-state index is -0.146. The van der Waals surface area contributed by atoms with Crippen LogP contribution in [0.5, 0.6) is 0 Å². The number of thioether (sulfide) groups is 1. The van der Waals surface area contributed by atoms with Crippen LogP contribution < -0.4 is 11.3 Å². The highest BCUT2D eigenvalue weighted by Gasteiger charge is 2.11. The van der Waals surface area contributed by atoms with Crippen LogP contribution in [0.4, 0.5) is 0 Å². The summed E-state index contributed by atoms with van der Waals surface area (Å²) in [7, 11) is 0. The van der Waals surface area contributed by atoms with Crippen LogP contribution in [0.3, 0.4) is 0 Å². The quantitative estimate of drug-likeness (QED) is 0.312. The summed E-state index contributed by atoms with van der Waals surface area (Å²) in [6.45, 7) is 3.81. The molecule has 1 atom stereocenters. The van der Waals surface area contributed by atoms with Gasteiger partial charge in [0.1, 0.15) is 0 Å². The molecule has 0 spiro atoms. The zero-order valence-corrected chi connectivity index (χ0v) is 10.2. The van der Waals surface area contributed by atoms with E-state index in [-0.39, 0.29) is 16.6 Å². The number of nitrogens with one attached hydrogen (secondary N) is 2. The van der Waals surface area contributed by atoms with Crippen LogP contribution in [0.15, 0.2) is 16.0 Å². The molecule has 0 aromatic carbocycles. The SMILES string of the molecule is CCC(CC(=N)N)Sc1nc(C)cc(=O)[nH]1. The van der Waals surface area contributed by atoms with Gasteiger partial charge in [-0.15, -0.1) is 0 Å². The summed E-state index contributed by atoms with van der Waals surface area (Å²) in [6, 6.07) is 1.45. The Kier molecular flexibility index (Phi) is 4.54. The zero-order valence-electron chi connectivity index (χ0n) is 9.41. The van der Waals surface area contributed by atoms with Gasteiger partial charge in [0.2, 0.25) is 0 Å². The number of aromatic amines is 1. The van der Waals surface area contributed by atoms with Gasteiger partial charge in [0.15, 0.2) is 5.16 Å². The molecule has 0 fully saturated rings. The van der Waals surface area contributed by atoms with Gasteiger partial charge in [0, 0.05) is 23.4 Å². The summed E-state index contributed by atoms with van der Waals surface area (Å²) in [6.07, 6.45) is 1.39. The number of hydrogen-bond donors (Lipinski definition) is 3. The lowest BCUT2D eigenvalue weighted by Crippen LogP contribution is -2.18. The topological polar surface area (TPSA) is 95.6 Å². The Balaban J connectivity index is 2.77. The number of nitrogens with two attached hydrogens (primary N) is 1. The second kappa shape index (κ2) is 5.69. The van der Waals surface area contributed by atoms with Gasteiger partial charge in [-0.05, 0) is 13.3 Å². The van der Waals surface area contributed by atoms with Crippen molar-refractivity contribution in [2.24, 2.45) is 5.73 Å². The highest BCUT2D eigenvalue weighted by atomic mass is 32.2. The fourth-order valence-electron chi connectivity index (χ4n) is 1.28. The summed E-state index contributed by atoms with van der Waals surface area (Å²) >= 11 is 1.46. The van der Waals surface area contributed by atoms with E-state index in [9.17, 15) is 4.79 Å². The first kappa shape index (κ1) is 12.8. The number of hydrogen-bond acceptors (Lipinski definition) is 4. The molecular formula is C10H16N4OS. The van der Waals surface area contributed by atoms with E-state index in [2.05, 4.69) is 9.97 Å². The maximum Gasteiger partial charge on any atom is 0.251 e. The number of aryl methyl sites for hydroxylation is 1. The molecule has 0 aliphatic rings. The largest absolute Gasteiger partial charge is 0.388 e. The fourth-order valence-corrected chi connectivity index (χ4v) is 2.38. The summed E-state index contributed by atoms with van der Waals surface area (Å²) < 4.78 is 0. The average Bonchev–Trinajstić information content (AvgIpc) is 2.14. The molecule has 4 N–H and O–H groups in total. The number of aromatic nitrogens is 2. The molecule has 0 radical (unpaired) electrons. The molecule has 1 rings (SSSR count). The molecule has 0 amide bonds. The van der Waals surface area contributed by atoms with E-state index in [1.54, 1.807) is 6.92 Å². The Labute approximate surface area is 98.4 Å². The van der Waals surface area contributed by atoms with Crippen LogP contribution in [0.25, 0.3) is 0 Å². The molecule has 0 aliphatic carbocycles. The van der Waals surface area contributed by atoms with Gasteiger partial charge in [-0.3, -0.25) is 10.2 Å². The van der Waals surface area contributed by atoms with E-state index in [1.807, 2.05) is 6.92 Å². The Morgan fingerprint density at radius 2 is 2.44 bits per heavy atom. The van der Waals surface area contributed by atoms with Crippen LogP contribution in [0.1, 0.15) is 25.5 Å². The third-order valence-corrected chi connectivity index (χ3v) is 3.28. The fraction of sp³-hybridized carbons (Fsp3) is 0.500. The predicted molar refractivity (Wildman–Crippen MR) is 66.1 cm³/mol. The molecule has 1 heterocycles. The van der Waals surface area contributed by atoms with Crippen molar-refractivity contribution >= 4 is 17.6 Å². The van der Waals surface area contributed by atoms with Gasteiger partial charge in [-0.25, -0.2) is 4.98 Å². The van der Waals surface area contributed by atoms with E-state index >= 15 is 0 Å². The van der Waals surface area contributed by atoms with Crippen LogP contribution >= 0.6 is 11.8 Å². The molecule has 0 saturated heterocycles. The van der Waals surface area contributed by atoms with Crippen LogP contribution in [0.2, 0.25) is 0 Å². The monoisotopic (exact) mass is 240 g/mol. The number of rotatable bonds is 5. The minimum absolute atomic E-state index is 0.146. The maximum absolute atomic E-state index is 11.2. The van der Waals surface area contributed by atoms with Crippen molar-refractivity contribution in [2.45, 2.75) is 37.1 Å². The third-order valence-electron chi connectivity index (χ3n) is 2.03. The van der Waals surface area contributed by atoms with Crippen molar-refractivity contribution in [3.63, 3.8) is 0 Å². The van der Waals surface area contributed by atoms with E-state index < -0.39 is 0 Å². The molecule has 88 valence electrons. The lowest BCUT2D eigenvalue weighted by molar-refractivity contribution is 0.830. The van der Waals surface area contributed by atoms with E-state index in [0.717, 1.165) is 6.42 Å². The van der Waals surface area contributed by atoms with Gasteiger partial charge >= 0.3 is 0 Å². The van der Waals surface area contributed by atoms with Crippen molar-refractivity contribution in [3.8, 4) is 0 Å². The molecule has 0 aliphatic heterocycles. The van der Waals surface area contributed by atoms with E-state index in [1.165, 1.54) is 17.8 Å². The van der Waals surface area contributed by atoms with Gasteiger partial charge < -0.3 is 10.7 Å². The van der Waals surface area contributed by atoms with Crippen LogP contribution in [0, 0.1) is 12.3 Å². The standard InChI is InChI=1S/C10H16N4OS/c1-3-7(5-8(11)12)16-10-13-6(2)4-9(15)14-10/h4,7H,3,5H2,1-2H3,(H3,11,12)(H,13,14,15). The summed E-state index contributed by atoms with van der Waals surface area (Å²) in [4.78, 5) is 18.1. The van der Waals surface area contributed by atoms with Gasteiger partial charge in [0.25, 0.3) is 5.56 Å². The van der Waals surface area contributed by atoms with Crippen molar-refractivity contribution in [1.82, 2.24) is 9.97 Å². The van der Waals surface area contributed by atoms with E-state index in [4.69, 9.17) is 11.1 Å². The Bertz CT molecular complexity index is 429. The van der Waals surface area contributed by atoms with E-state index in [0.29, 0.717) is 17.3 Å². The number of amidine groups is 1. The highest BCUT2D eigenvalue weighted by Crippen LogP contribution is 2.23. The van der Waals surface area contributed by atoms with Gasteiger partial charge in [0.05, 0.1) is 5.84 Å². The van der Waals surface area contributed by atoms with Crippen LogP contribution in [-0.2, 0) is 0 Å². The lowest BCUT2D eigenvalue weighted by Gasteiger charge is -2.12. The molecule has 1 aromatic heterocycles. The number of nitrogens with zero attached hydrogens (tertiary/aromatic N) is 1. The molecule has 0 saturated carbocycles. The first-order valence-electron chi connectivity index (χ1n) is 5.08. The molecule has 16 heavy (non-hydrogen) atoms. The molecule has 5 nitrogen and oxygen atoms in total. The summed E-state index contributed by atoms with van der Waals surface area (Å²) in [5, 5.41) is 8.03. The highest BCUT2D eigenvalue weighted by molar-refractivity contribution is 7.99. The first-order valence-corrected chi connectivity index (χ1v) is 5.96.